The van der Waals surface area contributed by atoms with Crippen LogP contribution in [0.2, 0.25) is 0 Å². The van der Waals surface area contributed by atoms with Gasteiger partial charge in [0.1, 0.15) is 17.7 Å². The highest BCUT2D eigenvalue weighted by Crippen LogP contribution is 2.29. The van der Waals surface area contributed by atoms with E-state index in [9.17, 15) is 23.9 Å². The Labute approximate surface area is 245 Å². The second-order valence-electron chi connectivity index (χ2n) is 10.7. The molecular weight excluding hydrogens is 539 g/mol. The number of nitrogens with zero attached hydrogens (tertiary/aromatic N) is 2. The quantitative estimate of drug-likeness (QED) is 0.370. The van der Waals surface area contributed by atoms with Crippen molar-refractivity contribution in [2.24, 2.45) is 5.92 Å². The number of anilines is 2. The third kappa shape index (κ3) is 8.07. The Hall–Kier alpha value is -4.44. The molecule has 3 aromatic carbocycles. The maximum absolute atomic E-state index is 13.4. The van der Waals surface area contributed by atoms with Crippen LogP contribution in [0.4, 0.5) is 20.6 Å². The van der Waals surface area contributed by atoms with Gasteiger partial charge < -0.3 is 30.3 Å². The number of amides is 4. The van der Waals surface area contributed by atoms with E-state index in [1.54, 1.807) is 37.1 Å². The van der Waals surface area contributed by atoms with Crippen molar-refractivity contribution in [3.8, 4) is 5.75 Å². The predicted molar refractivity (Wildman–Crippen MR) is 159 cm³/mol. The number of likely N-dealkylation sites (N-methyl/N-ethyl adjacent to an activating group) is 1. The van der Waals surface area contributed by atoms with Gasteiger partial charge in [-0.05, 0) is 55.0 Å². The zero-order valence-electron chi connectivity index (χ0n) is 24.0. The number of benzene rings is 3. The molecule has 0 aromatic heterocycles. The van der Waals surface area contributed by atoms with Gasteiger partial charge in [0.05, 0.1) is 32.0 Å². The van der Waals surface area contributed by atoms with Crippen molar-refractivity contribution in [1.29, 1.82) is 0 Å². The molecule has 0 spiro atoms. The van der Waals surface area contributed by atoms with Crippen LogP contribution < -0.4 is 15.4 Å². The molecule has 0 saturated heterocycles. The first-order valence-corrected chi connectivity index (χ1v) is 13.9. The first kappa shape index (κ1) is 30.5. The lowest BCUT2D eigenvalue weighted by Crippen LogP contribution is -2.48. The van der Waals surface area contributed by atoms with Crippen molar-refractivity contribution < 1.29 is 28.6 Å². The molecule has 0 fully saturated rings. The van der Waals surface area contributed by atoms with Crippen LogP contribution in [-0.4, -0.2) is 71.6 Å². The molecule has 0 unspecified atom stereocenters. The van der Waals surface area contributed by atoms with Crippen molar-refractivity contribution >= 4 is 29.2 Å². The maximum Gasteiger partial charge on any atom is 0.321 e. The van der Waals surface area contributed by atoms with Gasteiger partial charge in [-0.3, -0.25) is 9.59 Å². The van der Waals surface area contributed by atoms with E-state index in [-0.39, 0.29) is 43.7 Å². The lowest BCUT2D eigenvalue weighted by atomic mass is 10.0. The average molecular weight is 577 g/mol. The number of hydrogen-bond acceptors (Lipinski definition) is 5. The molecule has 4 amide bonds. The Kier molecular flexibility index (Phi) is 10.1. The van der Waals surface area contributed by atoms with E-state index in [2.05, 4.69) is 10.6 Å². The van der Waals surface area contributed by atoms with E-state index in [0.29, 0.717) is 29.2 Å². The molecule has 0 saturated carbocycles. The van der Waals surface area contributed by atoms with Crippen LogP contribution in [0.25, 0.3) is 0 Å². The average Bonchev–Trinajstić information content (AvgIpc) is 3.01. The van der Waals surface area contributed by atoms with Crippen molar-refractivity contribution in [2.75, 3.05) is 37.4 Å². The summed E-state index contributed by atoms with van der Waals surface area (Å²) in [5.41, 5.74) is 2.46. The number of ether oxygens (including phenoxy) is 1. The topological polar surface area (TPSA) is 111 Å². The summed E-state index contributed by atoms with van der Waals surface area (Å²) in [6, 6.07) is 19.3. The highest BCUT2D eigenvalue weighted by atomic mass is 19.1. The summed E-state index contributed by atoms with van der Waals surface area (Å²) >= 11 is 0. The van der Waals surface area contributed by atoms with E-state index >= 15 is 0 Å². The highest BCUT2D eigenvalue weighted by molar-refractivity contribution is 5.93. The van der Waals surface area contributed by atoms with Crippen LogP contribution in [0.5, 0.6) is 5.75 Å². The molecule has 1 aliphatic rings. The zero-order valence-corrected chi connectivity index (χ0v) is 24.0. The number of hydrogen-bond donors (Lipinski definition) is 3. The van der Waals surface area contributed by atoms with Gasteiger partial charge in [-0.25, -0.2) is 9.18 Å². The fraction of sp³-hybridized carbons (Fsp3) is 0.344. The number of urea groups is 1. The van der Waals surface area contributed by atoms with Crippen molar-refractivity contribution in [2.45, 2.75) is 38.8 Å². The molecule has 4 rings (SSSR count). The van der Waals surface area contributed by atoms with E-state index in [1.165, 1.54) is 29.2 Å². The van der Waals surface area contributed by atoms with E-state index in [0.717, 1.165) is 5.56 Å². The van der Waals surface area contributed by atoms with Gasteiger partial charge in [-0.15, -0.1) is 0 Å². The SMILES string of the molecule is C[C@@H]1CN([C@H](C)CO)C(=O)Cc2cc(NC(=O)Cc3ccccc3)ccc2O[C@H]1CN(C)C(=O)Nc1ccc(F)cc1. The van der Waals surface area contributed by atoms with Gasteiger partial charge in [0, 0.05) is 36.4 Å². The number of rotatable bonds is 8. The molecule has 10 heteroatoms. The Balaban J connectivity index is 1.55. The molecule has 3 atom stereocenters. The number of carbonyl (C=O) groups excluding carboxylic acids is 3. The van der Waals surface area contributed by atoms with Gasteiger partial charge in [0.15, 0.2) is 0 Å². The van der Waals surface area contributed by atoms with E-state index in [1.807, 2.05) is 37.3 Å². The summed E-state index contributed by atoms with van der Waals surface area (Å²) < 4.78 is 19.7. The molecule has 3 N–H and O–H groups in total. The summed E-state index contributed by atoms with van der Waals surface area (Å²) in [6.45, 7) is 4.02. The standard InChI is InChI=1S/C32H37FN4O5/c1-21-18-37(22(2)20-38)31(40)17-24-16-27(34-30(39)15-23-7-5-4-6-8-23)13-14-28(24)42-29(21)19-36(3)32(41)35-26-11-9-25(33)10-12-26/h4-14,16,21-22,29,38H,15,17-20H2,1-3H3,(H,34,39)(H,35,41)/t21-,22-,29+/m1/s1. The van der Waals surface area contributed by atoms with E-state index in [4.69, 9.17) is 4.74 Å². The van der Waals surface area contributed by atoms with Gasteiger partial charge in [-0.1, -0.05) is 37.3 Å². The minimum atomic E-state index is -0.509. The van der Waals surface area contributed by atoms with Crippen molar-refractivity contribution in [3.63, 3.8) is 0 Å². The van der Waals surface area contributed by atoms with Gasteiger partial charge in [-0.2, -0.15) is 0 Å². The van der Waals surface area contributed by atoms with Gasteiger partial charge in [0.25, 0.3) is 0 Å². The van der Waals surface area contributed by atoms with Crippen molar-refractivity contribution in [3.05, 3.63) is 89.7 Å². The number of carbonyl (C=O) groups is 3. The second-order valence-corrected chi connectivity index (χ2v) is 10.7. The summed E-state index contributed by atoms with van der Waals surface area (Å²) in [7, 11) is 1.63. The normalized spacial score (nSPS) is 17.5. The lowest BCUT2D eigenvalue weighted by molar-refractivity contribution is -0.134. The zero-order chi connectivity index (χ0) is 30.2. The van der Waals surface area contributed by atoms with Crippen molar-refractivity contribution in [1.82, 2.24) is 9.80 Å². The van der Waals surface area contributed by atoms with Crippen LogP contribution in [-0.2, 0) is 22.4 Å². The fourth-order valence-electron chi connectivity index (χ4n) is 4.82. The van der Waals surface area contributed by atoms with Gasteiger partial charge >= 0.3 is 6.03 Å². The van der Waals surface area contributed by atoms with E-state index < -0.39 is 24.0 Å². The molecule has 0 radical (unpaired) electrons. The second kappa shape index (κ2) is 14.0. The maximum atomic E-state index is 13.4. The van der Waals surface area contributed by atoms with Crippen LogP contribution >= 0.6 is 0 Å². The number of nitrogens with one attached hydrogen (secondary N) is 2. The Morgan fingerprint density at radius 1 is 1.07 bits per heavy atom. The number of aliphatic hydroxyl groups is 1. The Bertz CT molecular complexity index is 1390. The first-order chi connectivity index (χ1) is 20.1. The molecule has 222 valence electrons. The van der Waals surface area contributed by atoms with Gasteiger partial charge in [0.2, 0.25) is 11.8 Å². The third-order valence-corrected chi connectivity index (χ3v) is 7.30. The number of fused-ring (bicyclic) bond motifs is 1. The van der Waals surface area contributed by atoms with Crippen LogP contribution in [0.1, 0.15) is 25.0 Å². The molecule has 1 aliphatic heterocycles. The largest absolute Gasteiger partial charge is 0.488 e. The smallest absolute Gasteiger partial charge is 0.321 e. The minimum absolute atomic E-state index is 0.0163. The molecule has 9 nitrogen and oxygen atoms in total. The monoisotopic (exact) mass is 576 g/mol. The molecule has 1 heterocycles. The summed E-state index contributed by atoms with van der Waals surface area (Å²) in [5, 5.41) is 15.5. The molecule has 0 bridgehead atoms. The predicted octanol–water partition coefficient (Wildman–Crippen LogP) is 4.32. The molecule has 3 aromatic rings. The highest BCUT2D eigenvalue weighted by Gasteiger charge is 2.32. The molecule has 42 heavy (non-hydrogen) atoms. The summed E-state index contributed by atoms with van der Waals surface area (Å²) in [6.07, 6.45) is -0.283. The lowest BCUT2D eigenvalue weighted by Gasteiger charge is -2.34. The van der Waals surface area contributed by atoms with Crippen LogP contribution in [0, 0.1) is 11.7 Å². The first-order valence-electron chi connectivity index (χ1n) is 13.9. The Morgan fingerprint density at radius 3 is 2.45 bits per heavy atom. The molecule has 0 aliphatic carbocycles. The van der Waals surface area contributed by atoms with Crippen LogP contribution in [0.3, 0.4) is 0 Å². The Morgan fingerprint density at radius 2 is 1.76 bits per heavy atom. The summed E-state index contributed by atoms with van der Waals surface area (Å²) in [4.78, 5) is 42.2. The molecular formula is C32H37FN4O5. The number of aliphatic hydroxyl groups excluding tert-OH is 1. The summed E-state index contributed by atoms with van der Waals surface area (Å²) in [5.74, 6) is -0.494. The number of halogens is 1. The minimum Gasteiger partial charge on any atom is -0.488 e. The third-order valence-electron chi connectivity index (χ3n) is 7.30. The fourth-order valence-corrected chi connectivity index (χ4v) is 4.82. The van der Waals surface area contributed by atoms with Crippen LogP contribution in [0.15, 0.2) is 72.8 Å².